The zero-order valence-corrected chi connectivity index (χ0v) is 22.6. The van der Waals surface area contributed by atoms with Crippen molar-refractivity contribution in [1.82, 2.24) is 14.9 Å². The molecule has 36 heavy (non-hydrogen) atoms. The predicted molar refractivity (Wildman–Crippen MR) is 139 cm³/mol. The van der Waals surface area contributed by atoms with Crippen molar-refractivity contribution < 1.29 is 26.4 Å². The van der Waals surface area contributed by atoms with E-state index < -0.39 is 21.6 Å². The summed E-state index contributed by atoms with van der Waals surface area (Å²) in [6.45, 7) is 13.8. The van der Waals surface area contributed by atoms with E-state index in [1.54, 1.807) is 21.1 Å². The van der Waals surface area contributed by atoms with Crippen LogP contribution in [-0.2, 0) is 20.8 Å². The molecule has 7 nitrogen and oxygen atoms in total. The van der Waals surface area contributed by atoms with Crippen molar-refractivity contribution >= 4 is 33.0 Å². The fourth-order valence-electron chi connectivity index (χ4n) is 3.51. The normalized spacial score (nSPS) is 17.4. The van der Waals surface area contributed by atoms with Gasteiger partial charge >= 0.3 is 6.18 Å². The van der Waals surface area contributed by atoms with Crippen LogP contribution in [-0.4, -0.2) is 66.9 Å². The number of aryl methyl sites for hydroxylation is 1. The molecule has 0 N–H and O–H groups in total. The highest BCUT2D eigenvalue weighted by Crippen LogP contribution is 2.28. The van der Waals surface area contributed by atoms with E-state index in [0.29, 0.717) is 39.0 Å². The summed E-state index contributed by atoms with van der Waals surface area (Å²) in [6.07, 6.45) is -2.27. The van der Waals surface area contributed by atoms with Gasteiger partial charge in [-0.15, -0.1) is 24.5 Å². The number of hydrogen-bond acceptors (Lipinski definition) is 7. The lowest BCUT2D eigenvalue weighted by atomic mass is 10.0. The highest BCUT2D eigenvalue weighted by Gasteiger charge is 2.34. The standard InChI is InChI=1S/C15H19F3N4O3S.C5H6S.C2H6.C2H4/c16-15(17,18)12-9-19-14(20-10-12)22-5-3-21(4-6-22)13(23)11-1-7-26(24,25)8-2-11;1-5-3-2-4-6-5;2*1-2/h9-11H,1-8H2;2-4H,1H3;1-2H3;1-2H2. The molecule has 0 radical (unpaired) electrons. The molecular formula is C24H35F3N4O3S2. The first-order chi connectivity index (χ1) is 17.0. The largest absolute Gasteiger partial charge is 0.419 e. The van der Waals surface area contributed by atoms with E-state index in [2.05, 4.69) is 47.6 Å². The lowest BCUT2D eigenvalue weighted by Crippen LogP contribution is -2.51. The Kier molecular flexibility index (Phi) is 13.1. The minimum Gasteiger partial charge on any atom is -0.339 e. The van der Waals surface area contributed by atoms with Crippen molar-refractivity contribution in [3.63, 3.8) is 0 Å². The molecule has 0 atom stereocenters. The van der Waals surface area contributed by atoms with Crippen LogP contribution >= 0.6 is 11.3 Å². The number of alkyl halides is 3. The highest BCUT2D eigenvalue weighted by atomic mass is 32.2. The second kappa shape index (κ2) is 14.9. The summed E-state index contributed by atoms with van der Waals surface area (Å²) >= 11 is 1.78. The molecule has 2 aromatic heterocycles. The van der Waals surface area contributed by atoms with Gasteiger partial charge in [-0.25, -0.2) is 18.4 Å². The second-order valence-corrected chi connectivity index (χ2v) is 11.2. The van der Waals surface area contributed by atoms with E-state index in [4.69, 9.17) is 0 Å². The molecule has 0 saturated carbocycles. The third kappa shape index (κ3) is 9.88. The topological polar surface area (TPSA) is 83.5 Å². The van der Waals surface area contributed by atoms with Crippen molar-refractivity contribution in [2.75, 3.05) is 42.6 Å². The van der Waals surface area contributed by atoms with E-state index in [0.717, 1.165) is 12.4 Å². The molecule has 2 saturated heterocycles. The van der Waals surface area contributed by atoms with Gasteiger partial charge in [-0.3, -0.25) is 4.79 Å². The van der Waals surface area contributed by atoms with Crippen molar-refractivity contribution in [1.29, 1.82) is 0 Å². The van der Waals surface area contributed by atoms with Gasteiger partial charge in [0.05, 0.1) is 17.1 Å². The summed E-state index contributed by atoms with van der Waals surface area (Å²) in [5, 5.41) is 2.08. The summed E-state index contributed by atoms with van der Waals surface area (Å²) in [6, 6.07) is 4.16. The van der Waals surface area contributed by atoms with E-state index in [1.165, 1.54) is 4.88 Å². The summed E-state index contributed by atoms with van der Waals surface area (Å²) in [5.74, 6) is -0.0277. The number of nitrogens with zero attached hydrogens (tertiary/aromatic N) is 4. The molecule has 2 aliphatic heterocycles. The van der Waals surface area contributed by atoms with Gasteiger partial charge in [-0.05, 0) is 31.2 Å². The SMILES string of the molecule is C=C.CC.Cc1cccs1.O=C(C1CCS(=O)(=O)CC1)N1CCN(c2ncc(C(F)(F)F)cn2)CC1. The zero-order chi connectivity index (χ0) is 27.4. The maximum absolute atomic E-state index is 12.6. The molecule has 0 bridgehead atoms. The monoisotopic (exact) mass is 548 g/mol. The summed E-state index contributed by atoms with van der Waals surface area (Å²) in [4.78, 5) is 24.9. The van der Waals surface area contributed by atoms with Crippen LogP contribution in [0.15, 0.2) is 43.1 Å². The van der Waals surface area contributed by atoms with Gasteiger partial charge in [0, 0.05) is 49.4 Å². The minimum absolute atomic E-state index is 0.0444. The molecule has 12 heteroatoms. The van der Waals surface area contributed by atoms with Crippen molar-refractivity contribution in [3.05, 3.63) is 53.5 Å². The molecule has 2 aliphatic rings. The highest BCUT2D eigenvalue weighted by molar-refractivity contribution is 7.91. The fourth-order valence-corrected chi connectivity index (χ4v) is 5.53. The predicted octanol–water partition coefficient (Wildman–Crippen LogP) is 4.85. The Morgan fingerprint density at radius 2 is 1.58 bits per heavy atom. The van der Waals surface area contributed by atoms with Crippen LogP contribution in [0, 0.1) is 12.8 Å². The van der Waals surface area contributed by atoms with Gasteiger partial charge in [0.15, 0.2) is 0 Å². The van der Waals surface area contributed by atoms with Crippen LogP contribution in [0.5, 0.6) is 0 Å². The Hall–Kier alpha value is -2.47. The Balaban J connectivity index is 0.000000551. The Morgan fingerprint density at radius 1 is 1.06 bits per heavy atom. The van der Waals surface area contributed by atoms with Crippen molar-refractivity contribution in [3.8, 4) is 0 Å². The van der Waals surface area contributed by atoms with Gasteiger partial charge in [-0.1, -0.05) is 19.9 Å². The molecule has 0 unspecified atom stereocenters. The second-order valence-electron chi connectivity index (χ2n) is 7.73. The third-order valence-electron chi connectivity index (χ3n) is 5.41. The smallest absolute Gasteiger partial charge is 0.339 e. The molecule has 202 valence electrons. The Bertz CT molecular complexity index is 992. The minimum atomic E-state index is -4.48. The van der Waals surface area contributed by atoms with E-state index in [-0.39, 0.29) is 29.3 Å². The number of sulfone groups is 1. The molecule has 1 amide bonds. The molecule has 0 spiro atoms. The maximum Gasteiger partial charge on any atom is 0.419 e. The molecule has 2 aromatic rings. The number of carbonyl (C=O) groups is 1. The van der Waals surface area contributed by atoms with E-state index in [9.17, 15) is 26.4 Å². The quantitative estimate of drug-likeness (QED) is 0.499. The van der Waals surface area contributed by atoms with E-state index >= 15 is 0 Å². The van der Waals surface area contributed by atoms with Gasteiger partial charge in [-0.2, -0.15) is 13.2 Å². The lowest BCUT2D eigenvalue weighted by Gasteiger charge is -2.37. The number of aromatic nitrogens is 2. The molecular weight excluding hydrogens is 513 g/mol. The van der Waals surface area contributed by atoms with Crippen LogP contribution in [0.1, 0.15) is 37.1 Å². The number of hydrogen-bond donors (Lipinski definition) is 0. The Morgan fingerprint density at radius 3 is 1.97 bits per heavy atom. The number of amides is 1. The zero-order valence-electron chi connectivity index (χ0n) is 21.0. The number of anilines is 1. The number of rotatable bonds is 2. The number of thiophene rings is 1. The van der Waals surface area contributed by atoms with Gasteiger partial charge in [0.1, 0.15) is 9.84 Å². The average molecular weight is 549 g/mol. The van der Waals surface area contributed by atoms with Crippen LogP contribution < -0.4 is 4.90 Å². The van der Waals surface area contributed by atoms with Gasteiger partial charge in [0.25, 0.3) is 0 Å². The number of carbonyl (C=O) groups excluding carboxylic acids is 1. The Labute approximate surface area is 216 Å². The first kappa shape index (κ1) is 31.6. The van der Waals surface area contributed by atoms with Gasteiger partial charge < -0.3 is 9.80 Å². The third-order valence-corrected chi connectivity index (χ3v) is 7.92. The first-order valence-corrected chi connectivity index (χ1v) is 14.4. The molecule has 4 heterocycles. The lowest BCUT2D eigenvalue weighted by molar-refractivity contribution is -0.138. The molecule has 0 aromatic carbocycles. The molecule has 4 rings (SSSR count). The summed E-state index contributed by atoms with van der Waals surface area (Å²) < 4.78 is 60.6. The van der Waals surface area contributed by atoms with Crippen LogP contribution in [0.4, 0.5) is 19.1 Å². The fraction of sp³-hybridized carbons (Fsp3) is 0.542. The maximum atomic E-state index is 12.6. The van der Waals surface area contributed by atoms with Crippen LogP contribution in [0.2, 0.25) is 0 Å². The van der Waals surface area contributed by atoms with Crippen LogP contribution in [0.3, 0.4) is 0 Å². The number of piperazine rings is 1. The summed E-state index contributed by atoms with van der Waals surface area (Å²) in [5.41, 5.74) is -0.901. The van der Waals surface area contributed by atoms with E-state index in [1.807, 2.05) is 13.8 Å². The average Bonchev–Trinajstić information content (AvgIpc) is 3.37. The molecule has 2 fully saturated rings. The van der Waals surface area contributed by atoms with Crippen molar-refractivity contribution in [2.45, 2.75) is 39.8 Å². The summed E-state index contributed by atoms with van der Waals surface area (Å²) in [7, 11) is -3.01. The van der Waals surface area contributed by atoms with Crippen molar-refractivity contribution in [2.24, 2.45) is 5.92 Å². The first-order valence-electron chi connectivity index (χ1n) is 11.7. The van der Waals surface area contributed by atoms with Gasteiger partial charge in [0.2, 0.25) is 11.9 Å². The number of halogens is 3. The molecule has 0 aliphatic carbocycles. The van der Waals surface area contributed by atoms with Crippen LogP contribution in [0.25, 0.3) is 0 Å².